The molecule has 2 unspecified atom stereocenters. The van der Waals surface area contributed by atoms with Gasteiger partial charge in [0, 0.05) is 13.2 Å². The molecular weight excluding hydrogens is 382 g/mol. The first-order valence-electron chi connectivity index (χ1n) is 10.1. The van der Waals surface area contributed by atoms with Gasteiger partial charge in [0.05, 0.1) is 30.4 Å². The Hall–Kier alpha value is -3.12. The van der Waals surface area contributed by atoms with Gasteiger partial charge in [0.1, 0.15) is 11.5 Å². The van der Waals surface area contributed by atoms with Crippen LogP contribution in [0.2, 0.25) is 0 Å². The Balaban J connectivity index is 1.86. The normalized spacial score (nSPS) is 23.2. The van der Waals surface area contributed by atoms with Crippen molar-refractivity contribution < 1.29 is 24.2 Å². The van der Waals surface area contributed by atoms with E-state index in [2.05, 4.69) is 0 Å². The number of hydrogen-bond acceptors (Lipinski definition) is 5. The topological polar surface area (TPSA) is 76.1 Å². The van der Waals surface area contributed by atoms with Gasteiger partial charge in [-0.15, -0.1) is 0 Å². The highest BCUT2D eigenvalue weighted by Crippen LogP contribution is 2.41. The first-order valence-corrected chi connectivity index (χ1v) is 10.1. The third kappa shape index (κ3) is 3.59. The van der Waals surface area contributed by atoms with Crippen molar-refractivity contribution in [2.75, 3.05) is 20.3 Å². The molecule has 0 aromatic heterocycles. The summed E-state index contributed by atoms with van der Waals surface area (Å²) in [5.41, 5.74) is 2.25. The molecule has 0 spiro atoms. The number of carbonyl (C=O) groups is 2. The summed E-state index contributed by atoms with van der Waals surface area (Å²) in [6.45, 7) is 2.92. The minimum atomic E-state index is -0.692. The number of ether oxygens (including phenoxy) is 2. The summed E-state index contributed by atoms with van der Waals surface area (Å²) in [6, 6.07) is 13.9. The number of aliphatic hydroxyl groups is 1. The summed E-state index contributed by atoms with van der Waals surface area (Å²) in [6.07, 6.45) is 1.67. The molecule has 1 N–H and O–H groups in total. The Morgan fingerprint density at radius 2 is 2.00 bits per heavy atom. The maximum atomic E-state index is 13.1. The molecule has 6 heteroatoms. The lowest BCUT2D eigenvalue weighted by atomic mass is 9.94. The number of nitrogens with zero attached hydrogens (tertiary/aromatic N) is 1. The van der Waals surface area contributed by atoms with Gasteiger partial charge in [-0.05, 0) is 37.5 Å². The molecule has 6 nitrogen and oxygen atoms in total. The van der Waals surface area contributed by atoms with Crippen LogP contribution in [0.25, 0.3) is 5.76 Å². The van der Waals surface area contributed by atoms with Crippen molar-refractivity contribution in [3.05, 3.63) is 70.8 Å². The SMILES string of the molecule is COc1ccccc1/C(O)=C1/C(=O)C(=O)N(CC2CCCO2)C1c1cccc(C)c1. The summed E-state index contributed by atoms with van der Waals surface area (Å²) in [4.78, 5) is 27.6. The van der Waals surface area contributed by atoms with Crippen molar-refractivity contribution in [1.29, 1.82) is 0 Å². The average molecular weight is 407 g/mol. The predicted molar refractivity (Wildman–Crippen MR) is 112 cm³/mol. The molecule has 0 aliphatic carbocycles. The fourth-order valence-electron chi connectivity index (χ4n) is 4.25. The molecule has 2 fully saturated rings. The summed E-state index contributed by atoms with van der Waals surface area (Å²) in [5, 5.41) is 11.2. The molecule has 1 amide bonds. The number of ketones is 1. The maximum absolute atomic E-state index is 13.1. The van der Waals surface area contributed by atoms with Crippen molar-refractivity contribution in [3.63, 3.8) is 0 Å². The predicted octanol–water partition coefficient (Wildman–Crippen LogP) is 3.60. The molecule has 2 saturated heterocycles. The molecule has 156 valence electrons. The highest BCUT2D eigenvalue weighted by Gasteiger charge is 2.47. The molecule has 30 heavy (non-hydrogen) atoms. The van der Waals surface area contributed by atoms with Gasteiger partial charge in [-0.3, -0.25) is 9.59 Å². The Morgan fingerprint density at radius 1 is 1.20 bits per heavy atom. The van der Waals surface area contributed by atoms with Crippen molar-refractivity contribution in [3.8, 4) is 5.75 Å². The van der Waals surface area contributed by atoms with E-state index in [9.17, 15) is 14.7 Å². The Bertz CT molecular complexity index is 1010. The smallest absolute Gasteiger partial charge is 0.295 e. The van der Waals surface area contributed by atoms with Crippen molar-refractivity contribution in [1.82, 2.24) is 4.90 Å². The number of rotatable bonds is 5. The molecule has 0 saturated carbocycles. The van der Waals surface area contributed by atoms with Crippen LogP contribution in [-0.4, -0.2) is 48.1 Å². The van der Waals surface area contributed by atoms with E-state index in [-0.39, 0.29) is 17.4 Å². The number of Topliss-reactive ketones (excluding diaryl/α,β-unsaturated/α-hetero) is 1. The van der Waals surface area contributed by atoms with Gasteiger partial charge >= 0.3 is 0 Å². The van der Waals surface area contributed by atoms with Gasteiger partial charge in [-0.25, -0.2) is 0 Å². The molecule has 0 radical (unpaired) electrons. The van der Waals surface area contributed by atoms with E-state index in [1.54, 1.807) is 24.3 Å². The summed E-state index contributed by atoms with van der Waals surface area (Å²) in [7, 11) is 1.50. The van der Waals surface area contributed by atoms with Crippen LogP contribution in [0.3, 0.4) is 0 Å². The van der Waals surface area contributed by atoms with Gasteiger partial charge in [-0.2, -0.15) is 0 Å². The second kappa shape index (κ2) is 8.32. The highest BCUT2D eigenvalue weighted by molar-refractivity contribution is 6.46. The summed E-state index contributed by atoms with van der Waals surface area (Å²) >= 11 is 0. The van der Waals surface area contributed by atoms with E-state index in [4.69, 9.17) is 9.47 Å². The van der Waals surface area contributed by atoms with Crippen LogP contribution in [0.4, 0.5) is 0 Å². The van der Waals surface area contributed by atoms with E-state index < -0.39 is 17.7 Å². The van der Waals surface area contributed by atoms with Crippen LogP contribution in [-0.2, 0) is 14.3 Å². The molecule has 2 aliphatic rings. The molecule has 2 atom stereocenters. The fraction of sp³-hybridized carbons (Fsp3) is 0.333. The number of aliphatic hydroxyl groups excluding tert-OH is 1. The number of methoxy groups -OCH3 is 1. The van der Waals surface area contributed by atoms with E-state index in [1.165, 1.54) is 12.0 Å². The van der Waals surface area contributed by atoms with Gasteiger partial charge < -0.3 is 19.5 Å². The lowest BCUT2D eigenvalue weighted by molar-refractivity contribution is -0.140. The molecule has 2 aromatic carbocycles. The van der Waals surface area contributed by atoms with E-state index in [1.807, 2.05) is 31.2 Å². The average Bonchev–Trinajstić information content (AvgIpc) is 3.35. The summed E-state index contributed by atoms with van der Waals surface area (Å²) in [5.74, 6) is -1.10. The van der Waals surface area contributed by atoms with Crippen LogP contribution in [0.1, 0.15) is 35.6 Å². The lowest BCUT2D eigenvalue weighted by Crippen LogP contribution is -2.36. The first-order chi connectivity index (χ1) is 14.5. The number of aryl methyl sites for hydroxylation is 1. The molecule has 0 bridgehead atoms. The highest BCUT2D eigenvalue weighted by atomic mass is 16.5. The number of hydrogen-bond donors (Lipinski definition) is 1. The van der Waals surface area contributed by atoms with E-state index in [0.29, 0.717) is 24.5 Å². The quantitative estimate of drug-likeness (QED) is 0.466. The van der Waals surface area contributed by atoms with E-state index in [0.717, 1.165) is 24.0 Å². The van der Waals surface area contributed by atoms with Gasteiger partial charge in [-0.1, -0.05) is 42.0 Å². The second-order valence-electron chi connectivity index (χ2n) is 7.70. The standard InChI is InChI=1S/C24H25NO5/c1-15-7-5-8-16(13-15)21-20(22(26)18-10-3-4-11-19(18)29-2)23(27)24(28)25(21)14-17-9-6-12-30-17/h3-5,7-8,10-11,13,17,21,26H,6,9,12,14H2,1-2H3/b22-20-. The van der Waals surface area contributed by atoms with Crippen molar-refractivity contribution in [2.24, 2.45) is 0 Å². The number of benzene rings is 2. The maximum Gasteiger partial charge on any atom is 0.295 e. The zero-order valence-electron chi connectivity index (χ0n) is 17.1. The monoisotopic (exact) mass is 407 g/mol. The van der Waals surface area contributed by atoms with Gasteiger partial charge in [0.25, 0.3) is 11.7 Å². The van der Waals surface area contributed by atoms with Crippen molar-refractivity contribution >= 4 is 17.4 Å². The number of amides is 1. The van der Waals surface area contributed by atoms with Crippen LogP contribution in [0, 0.1) is 6.92 Å². The second-order valence-corrected chi connectivity index (χ2v) is 7.70. The van der Waals surface area contributed by atoms with E-state index >= 15 is 0 Å². The Morgan fingerprint density at radius 3 is 2.70 bits per heavy atom. The van der Waals surface area contributed by atoms with Crippen LogP contribution in [0.15, 0.2) is 54.1 Å². The van der Waals surface area contributed by atoms with Crippen molar-refractivity contribution in [2.45, 2.75) is 31.9 Å². The third-order valence-corrected chi connectivity index (χ3v) is 5.68. The van der Waals surface area contributed by atoms with Crippen LogP contribution >= 0.6 is 0 Å². The number of carbonyl (C=O) groups excluding carboxylic acids is 2. The number of likely N-dealkylation sites (tertiary alicyclic amines) is 1. The van der Waals surface area contributed by atoms with Crippen LogP contribution in [0.5, 0.6) is 5.75 Å². The zero-order chi connectivity index (χ0) is 21.3. The third-order valence-electron chi connectivity index (χ3n) is 5.68. The first kappa shape index (κ1) is 20.2. The largest absolute Gasteiger partial charge is 0.507 e. The van der Waals surface area contributed by atoms with Gasteiger partial charge in [0.2, 0.25) is 0 Å². The summed E-state index contributed by atoms with van der Waals surface area (Å²) < 4.78 is 11.1. The Kier molecular flexibility index (Phi) is 5.59. The minimum Gasteiger partial charge on any atom is -0.507 e. The zero-order valence-corrected chi connectivity index (χ0v) is 17.1. The lowest BCUT2D eigenvalue weighted by Gasteiger charge is -2.27. The minimum absolute atomic E-state index is 0.0769. The molecular formula is C24H25NO5. The fourth-order valence-corrected chi connectivity index (χ4v) is 4.25. The molecule has 2 aliphatic heterocycles. The van der Waals surface area contributed by atoms with Crippen LogP contribution < -0.4 is 4.74 Å². The Labute approximate surface area is 175 Å². The molecule has 2 heterocycles. The van der Waals surface area contributed by atoms with Gasteiger partial charge in [0.15, 0.2) is 0 Å². The molecule has 2 aromatic rings. The number of para-hydroxylation sites is 1. The molecule has 4 rings (SSSR count).